The number of anilines is 1. The number of aliphatic carboxylic acids is 1. The smallest absolute Gasteiger partial charge is 0.321 e. The second kappa shape index (κ2) is 7.03. The van der Waals surface area contributed by atoms with Gasteiger partial charge in [0.05, 0.1) is 15.9 Å². The summed E-state index contributed by atoms with van der Waals surface area (Å²) in [7, 11) is 0. The third kappa shape index (κ3) is 6.33. The highest BCUT2D eigenvalue weighted by Crippen LogP contribution is 2.25. The summed E-state index contributed by atoms with van der Waals surface area (Å²) in [6.07, 6.45) is 2.07. The van der Waals surface area contributed by atoms with Crippen LogP contribution < -0.4 is 10.6 Å². The lowest BCUT2D eigenvalue weighted by atomic mass is 9.84. The third-order valence-corrected chi connectivity index (χ3v) is 3.81. The van der Waals surface area contributed by atoms with Gasteiger partial charge < -0.3 is 10.4 Å². The molecule has 0 bridgehead atoms. The molecule has 1 aromatic rings. The molecular weight excluding hydrogens is 346 g/mol. The van der Waals surface area contributed by atoms with E-state index in [1.807, 2.05) is 20.8 Å². The van der Waals surface area contributed by atoms with Crippen LogP contribution in [0.1, 0.15) is 27.2 Å². The number of carbonyl (C=O) groups is 2. The molecular formula is C12H18BrN3O3S. The van der Waals surface area contributed by atoms with Crippen LogP contribution >= 0.6 is 27.3 Å². The number of carbonyl (C=O) groups excluding carboxylic acids is 1. The normalized spacial score (nSPS) is 12.8. The van der Waals surface area contributed by atoms with Crippen LogP contribution in [0.25, 0.3) is 0 Å². The van der Waals surface area contributed by atoms with Gasteiger partial charge in [-0.25, -0.2) is 9.78 Å². The number of halogens is 1. The molecule has 0 aliphatic heterocycles. The lowest BCUT2D eigenvalue weighted by molar-refractivity contribution is -0.142. The van der Waals surface area contributed by atoms with Crippen molar-refractivity contribution in [3.63, 3.8) is 0 Å². The predicted octanol–water partition coefficient (Wildman–Crippen LogP) is 3.16. The Morgan fingerprint density at radius 3 is 2.60 bits per heavy atom. The molecule has 1 atom stereocenters. The average Bonchev–Trinajstić information content (AvgIpc) is 2.68. The Bertz CT molecular complexity index is 485. The van der Waals surface area contributed by atoms with E-state index in [2.05, 4.69) is 31.5 Å². The molecule has 112 valence electrons. The first kappa shape index (κ1) is 16.9. The van der Waals surface area contributed by atoms with Crippen LogP contribution in [0.5, 0.6) is 0 Å². The molecule has 1 unspecified atom stereocenters. The number of nitrogens with one attached hydrogen (secondary N) is 2. The van der Waals surface area contributed by atoms with E-state index in [1.54, 1.807) is 6.20 Å². The summed E-state index contributed by atoms with van der Waals surface area (Å²) >= 11 is 4.53. The van der Waals surface area contributed by atoms with Crippen molar-refractivity contribution in [2.45, 2.75) is 27.2 Å². The van der Waals surface area contributed by atoms with Gasteiger partial charge in [-0.1, -0.05) is 32.1 Å². The molecule has 0 aromatic carbocycles. The van der Waals surface area contributed by atoms with Crippen LogP contribution in [0.2, 0.25) is 0 Å². The van der Waals surface area contributed by atoms with Crippen LogP contribution in [0.3, 0.4) is 0 Å². The van der Waals surface area contributed by atoms with Gasteiger partial charge in [-0.2, -0.15) is 0 Å². The average molecular weight is 364 g/mol. The maximum Gasteiger partial charge on any atom is 0.321 e. The fourth-order valence-corrected chi connectivity index (χ4v) is 2.76. The number of nitrogens with zero attached hydrogens (tertiary/aromatic N) is 1. The summed E-state index contributed by atoms with van der Waals surface area (Å²) in [5.74, 6) is -1.51. The zero-order valence-corrected chi connectivity index (χ0v) is 14.0. The monoisotopic (exact) mass is 363 g/mol. The molecule has 1 heterocycles. The van der Waals surface area contributed by atoms with Crippen LogP contribution in [-0.2, 0) is 4.79 Å². The van der Waals surface area contributed by atoms with Gasteiger partial charge in [0.15, 0.2) is 5.13 Å². The molecule has 1 rings (SSSR count). The van der Waals surface area contributed by atoms with Crippen molar-refractivity contribution in [2.24, 2.45) is 11.3 Å². The van der Waals surface area contributed by atoms with Crippen molar-refractivity contribution in [2.75, 3.05) is 11.9 Å². The van der Waals surface area contributed by atoms with Crippen LogP contribution in [-0.4, -0.2) is 28.6 Å². The first-order valence-electron chi connectivity index (χ1n) is 6.06. The second-order valence-corrected chi connectivity index (χ2v) is 8.01. The topological polar surface area (TPSA) is 91.3 Å². The number of amides is 2. The quantitative estimate of drug-likeness (QED) is 0.749. The third-order valence-electron chi connectivity index (χ3n) is 2.41. The van der Waals surface area contributed by atoms with E-state index in [-0.39, 0.29) is 12.0 Å². The summed E-state index contributed by atoms with van der Waals surface area (Å²) in [5, 5.41) is 14.7. The molecule has 1 aromatic heterocycles. The highest BCUT2D eigenvalue weighted by Gasteiger charge is 2.25. The number of rotatable bonds is 5. The van der Waals surface area contributed by atoms with Crippen LogP contribution in [0, 0.1) is 11.3 Å². The second-order valence-electron chi connectivity index (χ2n) is 5.60. The zero-order chi connectivity index (χ0) is 15.3. The summed E-state index contributed by atoms with van der Waals surface area (Å²) in [4.78, 5) is 26.8. The molecule has 0 saturated carbocycles. The maximum atomic E-state index is 11.7. The molecule has 0 saturated heterocycles. The molecule has 0 aliphatic carbocycles. The Morgan fingerprint density at radius 2 is 2.15 bits per heavy atom. The summed E-state index contributed by atoms with van der Waals surface area (Å²) in [6, 6.07) is -0.452. The lowest BCUT2D eigenvalue weighted by Gasteiger charge is -2.23. The Balaban J connectivity index is 2.46. The summed E-state index contributed by atoms with van der Waals surface area (Å²) in [5.41, 5.74) is -0.110. The molecule has 0 aliphatic rings. The van der Waals surface area contributed by atoms with Gasteiger partial charge in [0.1, 0.15) is 0 Å². The maximum absolute atomic E-state index is 11.7. The van der Waals surface area contributed by atoms with Crippen LogP contribution in [0.4, 0.5) is 9.93 Å². The molecule has 3 N–H and O–H groups in total. The fraction of sp³-hybridized carbons (Fsp3) is 0.583. The Hall–Kier alpha value is -1.15. The summed E-state index contributed by atoms with van der Waals surface area (Å²) in [6.45, 7) is 5.99. The molecule has 0 radical (unpaired) electrons. The van der Waals surface area contributed by atoms with Crippen molar-refractivity contribution in [3.8, 4) is 0 Å². The number of carboxylic acid groups (broad SMARTS) is 1. The van der Waals surface area contributed by atoms with Crippen molar-refractivity contribution < 1.29 is 14.7 Å². The highest BCUT2D eigenvalue weighted by molar-refractivity contribution is 9.11. The molecule has 8 heteroatoms. The van der Waals surface area contributed by atoms with Crippen LogP contribution in [0.15, 0.2) is 9.98 Å². The van der Waals surface area contributed by atoms with E-state index >= 15 is 0 Å². The minimum Gasteiger partial charge on any atom is -0.481 e. The van der Waals surface area contributed by atoms with E-state index in [9.17, 15) is 9.59 Å². The van der Waals surface area contributed by atoms with E-state index in [4.69, 9.17) is 5.11 Å². The van der Waals surface area contributed by atoms with E-state index in [0.29, 0.717) is 11.6 Å². The minimum absolute atomic E-state index is 0.0883. The van der Waals surface area contributed by atoms with Gasteiger partial charge in [0.25, 0.3) is 0 Å². The van der Waals surface area contributed by atoms with Gasteiger partial charge >= 0.3 is 12.0 Å². The predicted molar refractivity (Wildman–Crippen MR) is 82.0 cm³/mol. The standard InChI is InChI=1S/C12H18BrN3O3S/c1-12(2,3)4-7(9(17)18)5-14-10(19)16-11-15-6-8(13)20-11/h6-7H,4-5H2,1-3H3,(H,17,18)(H2,14,15,16,19). The van der Waals surface area contributed by atoms with Gasteiger partial charge in [0.2, 0.25) is 0 Å². The van der Waals surface area contributed by atoms with Gasteiger partial charge in [-0.05, 0) is 27.8 Å². The highest BCUT2D eigenvalue weighted by atomic mass is 79.9. The molecule has 2 amide bonds. The number of urea groups is 1. The Kier molecular flexibility index (Phi) is 5.94. The van der Waals surface area contributed by atoms with Crippen molar-refractivity contribution >= 4 is 44.4 Å². The van der Waals surface area contributed by atoms with Gasteiger partial charge in [-0.3, -0.25) is 10.1 Å². The van der Waals surface area contributed by atoms with E-state index < -0.39 is 17.9 Å². The first-order chi connectivity index (χ1) is 9.17. The largest absolute Gasteiger partial charge is 0.481 e. The molecule has 0 fully saturated rings. The van der Waals surface area contributed by atoms with Gasteiger partial charge in [-0.15, -0.1) is 0 Å². The van der Waals surface area contributed by atoms with E-state index in [0.717, 1.165) is 3.79 Å². The van der Waals surface area contributed by atoms with Gasteiger partial charge in [0, 0.05) is 6.54 Å². The first-order valence-corrected chi connectivity index (χ1v) is 7.67. The molecule has 20 heavy (non-hydrogen) atoms. The zero-order valence-electron chi connectivity index (χ0n) is 11.6. The molecule has 0 spiro atoms. The minimum atomic E-state index is -0.905. The Labute approximate surface area is 130 Å². The van der Waals surface area contributed by atoms with E-state index in [1.165, 1.54) is 11.3 Å². The lowest BCUT2D eigenvalue weighted by Crippen LogP contribution is -2.37. The number of thiazole rings is 1. The Morgan fingerprint density at radius 1 is 1.50 bits per heavy atom. The SMILES string of the molecule is CC(C)(C)CC(CNC(=O)Nc1ncc(Br)s1)C(=O)O. The number of aromatic nitrogens is 1. The van der Waals surface area contributed by atoms with Crippen molar-refractivity contribution in [1.29, 1.82) is 0 Å². The van der Waals surface area contributed by atoms with Crippen molar-refractivity contribution in [1.82, 2.24) is 10.3 Å². The van der Waals surface area contributed by atoms with Crippen molar-refractivity contribution in [3.05, 3.63) is 9.98 Å². The number of hydrogen-bond acceptors (Lipinski definition) is 4. The summed E-state index contributed by atoms with van der Waals surface area (Å²) < 4.78 is 0.809. The fourth-order valence-electron chi connectivity index (χ4n) is 1.66. The molecule has 6 nitrogen and oxygen atoms in total. The number of carboxylic acids is 1. The number of hydrogen-bond donors (Lipinski definition) is 3.